The maximum atomic E-state index is 5.90. The van der Waals surface area contributed by atoms with Gasteiger partial charge in [-0.15, -0.1) is 0 Å². The molecule has 0 fully saturated rings. The minimum Gasteiger partial charge on any atom is -0.308 e. The molecule has 0 amide bonds. The largest absolute Gasteiger partial charge is 0.308 e. The number of hydrogen-bond donors (Lipinski definition) is 1. The zero-order valence-corrected chi connectivity index (χ0v) is 9.10. The molecule has 0 aromatic heterocycles. The molecule has 1 rings (SSSR count). The van der Waals surface area contributed by atoms with Crippen LogP contribution in [0.4, 0.5) is 0 Å². The predicted molar refractivity (Wildman–Crippen MR) is 58.1 cm³/mol. The summed E-state index contributed by atoms with van der Waals surface area (Å²) < 4.78 is 0. The van der Waals surface area contributed by atoms with Crippen molar-refractivity contribution >= 4 is 11.6 Å². The average molecular weight is 198 g/mol. The summed E-state index contributed by atoms with van der Waals surface area (Å²) in [6.07, 6.45) is 0. The van der Waals surface area contributed by atoms with Crippen molar-refractivity contribution in [2.75, 3.05) is 0 Å². The summed E-state index contributed by atoms with van der Waals surface area (Å²) in [5.41, 5.74) is 1.24. The summed E-state index contributed by atoms with van der Waals surface area (Å²) in [7, 11) is 0. The standard InChI is InChI=1S/C11H16ClN/c1-8(2)13-9(3)10-5-4-6-11(12)7-10/h4-9,13H,1-3H3/t9-/m1/s1. The number of nitrogens with one attached hydrogen (secondary N) is 1. The number of hydrogen-bond acceptors (Lipinski definition) is 1. The van der Waals surface area contributed by atoms with E-state index in [1.807, 2.05) is 18.2 Å². The quantitative estimate of drug-likeness (QED) is 0.783. The van der Waals surface area contributed by atoms with E-state index in [0.717, 1.165) is 5.02 Å². The van der Waals surface area contributed by atoms with Crippen molar-refractivity contribution in [1.82, 2.24) is 5.32 Å². The van der Waals surface area contributed by atoms with Crippen LogP contribution in [0.1, 0.15) is 32.4 Å². The van der Waals surface area contributed by atoms with Gasteiger partial charge in [0.25, 0.3) is 0 Å². The molecule has 0 bridgehead atoms. The molecule has 2 heteroatoms. The van der Waals surface area contributed by atoms with Gasteiger partial charge in [-0.05, 0) is 24.6 Å². The van der Waals surface area contributed by atoms with Crippen LogP contribution in [-0.4, -0.2) is 6.04 Å². The summed E-state index contributed by atoms with van der Waals surface area (Å²) in [4.78, 5) is 0. The topological polar surface area (TPSA) is 12.0 Å². The first kappa shape index (κ1) is 10.6. The van der Waals surface area contributed by atoms with Crippen molar-refractivity contribution in [2.45, 2.75) is 32.9 Å². The Kier molecular flexibility index (Phi) is 3.76. The van der Waals surface area contributed by atoms with Crippen LogP contribution < -0.4 is 5.32 Å². The van der Waals surface area contributed by atoms with Crippen molar-refractivity contribution in [3.63, 3.8) is 0 Å². The fraction of sp³-hybridized carbons (Fsp3) is 0.455. The lowest BCUT2D eigenvalue weighted by Crippen LogP contribution is -2.25. The van der Waals surface area contributed by atoms with E-state index in [-0.39, 0.29) is 0 Å². The van der Waals surface area contributed by atoms with E-state index < -0.39 is 0 Å². The highest BCUT2D eigenvalue weighted by molar-refractivity contribution is 6.30. The second-order valence-corrected chi connectivity index (χ2v) is 4.03. The van der Waals surface area contributed by atoms with Crippen LogP contribution in [0.25, 0.3) is 0 Å². The van der Waals surface area contributed by atoms with Crippen molar-refractivity contribution in [3.8, 4) is 0 Å². The van der Waals surface area contributed by atoms with Crippen LogP contribution in [0.5, 0.6) is 0 Å². The van der Waals surface area contributed by atoms with Crippen LogP contribution in [0.3, 0.4) is 0 Å². The molecule has 0 saturated carbocycles. The van der Waals surface area contributed by atoms with E-state index in [9.17, 15) is 0 Å². The average Bonchev–Trinajstić information content (AvgIpc) is 2.03. The number of benzene rings is 1. The second-order valence-electron chi connectivity index (χ2n) is 3.60. The van der Waals surface area contributed by atoms with Crippen LogP contribution >= 0.6 is 11.6 Å². The first-order valence-corrected chi connectivity index (χ1v) is 4.99. The van der Waals surface area contributed by atoms with Crippen LogP contribution in [0.2, 0.25) is 5.02 Å². The van der Waals surface area contributed by atoms with Gasteiger partial charge in [-0.1, -0.05) is 37.6 Å². The Balaban J connectivity index is 2.71. The van der Waals surface area contributed by atoms with Gasteiger partial charge in [-0.25, -0.2) is 0 Å². The van der Waals surface area contributed by atoms with Crippen molar-refractivity contribution in [1.29, 1.82) is 0 Å². The van der Waals surface area contributed by atoms with Crippen LogP contribution in [-0.2, 0) is 0 Å². The van der Waals surface area contributed by atoms with Crippen molar-refractivity contribution in [3.05, 3.63) is 34.9 Å². The van der Waals surface area contributed by atoms with Gasteiger partial charge in [-0.3, -0.25) is 0 Å². The van der Waals surface area contributed by atoms with Gasteiger partial charge in [0.2, 0.25) is 0 Å². The van der Waals surface area contributed by atoms with Crippen LogP contribution in [0, 0.1) is 0 Å². The third-order valence-corrected chi connectivity index (χ3v) is 2.17. The summed E-state index contributed by atoms with van der Waals surface area (Å²) in [6, 6.07) is 8.82. The Labute approximate surface area is 85.1 Å². The highest BCUT2D eigenvalue weighted by Gasteiger charge is 2.05. The molecule has 0 heterocycles. The molecule has 1 aromatic rings. The first-order valence-electron chi connectivity index (χ1n) is 4.61. The Hall–Kier alpha value is -0.530. The van der Waals surface area contributed by atoms with Gasteiger partial charge in [0.05, 0.1) is 0 Å². The highest BCUT2D eigenvalue weighted by atomic mass is 35.5. The van der Waals surface area contributed by atoms with Crippen LogP contribution in [0.15, 0.2) is 24.3 Å². The fourth-order valence-corrected chi connectivity index (χ4v) is 1.57. The molecule has 0 saturated heterocycles. The molecule has 1 atom stereocenters. The van der Waals surface area contributed by atoms with Gasteiger partial charge in [-0.2, -0.15) is 0 Å². The van der Waals surface area contributed by atoms with E-state index in [1.54, 1.807) is 0 Å². The zero-order chi connectivity index (χ0) is 9.84. The van der Waals surface area contributed by atoms with Crippen molar-refractivity contribution < 1.29 is 0 Å². The lowest BCUT2D eigenvalue weighted by molar-refractivity contribution is 0.506. The molecule has 72 valence electrons. The van der Waals surface area contributed by atoms with Gasteiger partial charge >= 0.3 is 0 Å². The smallest absolute Gasteiger partial charge is 0.0409 e. The molecule has 1 aromatic carbocycles. The molecule has 0 radical (unpaired) electrons. The molecule has 1 nitrogen and oxygen atoms in total. The molecule has 0 aliphatic heterocycles. The fourth-order valence-electron chi connectivity index (χ4n) is 1.37. The predicted octanol–water partition coefficient (Wildman–Crippen LogP) is 3.40. The van der Waals surface area contributed by atoms with E-state index in [1.165, 1.54) is 5.56 Å². The minimum absolute atomic E-state index is 0.360. The second kappa shape index (κ2) is 4.64. The molecule has 0 unspecified atom stereocenters. The third-order valence-electron chi connectivity index (χ3n) is 1.93. The summed E-state index contributed by atoms with van der Waals surface area (Å²) >= 11 is 5.90. The summed E-state index contributed by atoms with van der Waals surface area (Å²) in [5.74, 6) is 0. The van der Waals surface area contributed by atoms with E-state index >= 15 is 0 Å². The Morgan fingerprint density at radius 2 is 1.92 bits per heavy atom. The number of halogens is 1. The first-order chi connectivity index (χ1) is 6.09. The zero-order valence-electron chi connectivity index (χ0n) is 8.34. The van der Waals surface area contributed by atoms with Gasteiger partial charge < -0.3 is 5.32 Å². The summed E-state index contributed by atoms with van der Waals surface area (Å²) in [6.45, 7) is 6.42. The molecule has 13 heavy (non-hydrogen) atoms. The Bertz CT molecular complexity index is 271. The highest BCUT2D eigenvalue weighted by Crippen LogP contribution is 2.17. The molecule has 0 aliphatic carbocycles. The number of rotatable bonds is 3. The van der Waals surface area contributed by atoms with Crippen molar-refractivity contribution in [2.24, 2.45) is 0 Å². The van der Waals surface area contributed by atoms with Gasteiger partial charge in [0.15, 0.2) is 0 Å². The molecular weight excluding hydrogens is 182 g/mol. The maximum absolute atomic E-state index is 5.90. The lowest BCUT2D eigenvalue weighted by Gasteiger charge is -2.17. The SMILES string of the molecule is CC(C)N[C@H](C)c1cccc(Cl)c1. The maximum Gasteiger partial charge on any atom is 0.0409 e. The third kappa shape index (κ3) is 3.37. The minimum atomic E-state index is 0.360. The van der Waals surface area contributed by atoms with E-state index in [0.29, 0.717) is 12.1 Å². The molecule has 0 aliphatic rings. The lowest BCUT2D eigenvalue weighted by atomic mass is 10.1. The normalized spacial score (nSPS) is 13.3. The van der Waals surface area contributed by atoms with Gasteiger partial charge in [0, 0.05) is 17.1 Å². The Morgan fingerprint density at radius 1 is 1.23 bits per heavy atom. The monoisotopic (exact) mass is 197 g/mol. The van der Waals surface area contributed by atoms with E-state index in [2.05, 4.69) is 32.2 Å². The molecule has 1 N–H and O–H groups in total. The Morgan fingerprint density at radius 3 is 2.46 bits per heavy atom. The molecule has 0 spiro atoms. The molecular formula is C11H16ClN. The van der Waals surface area contributed by atoms with E-state index in [4.69, 9.17) is 11.6 Å². The van der Waals surface area contributed by atoms with Gasteiger partial charge in [0.1, 0.15) is 0 Å². The summed E-state index contributed by atoms with van der Waals surface area (Å²) in [5, 5.41) is 4.23.